The summed E-state index contributed by atoms with van der Waals surface area (Å²) in [5.41, 5.74) is 0.223. The SMILES string of the molecule is O=S(=O)(c1ccccc1)N1CC[C@@H](Oc2ccc(-c3noc(C(F)(F)F)n3)cn2)C1. The zero-order chi connectivity index (χ0) is 21.4. The molecule has 1 saturated heterocycles. The molecule has 3 heterocycles. The molecular weight excluding hydrogens is 425 g/mol. The van der Waals surface area contributed by atoms with Crippen LogP contribution in [0.4, 0.5) is 13.2 Å². The first kappa shape index (κ1) is 20.3. The first-order valence-electron chi connectivity index (χ1n) is 8.83. The summed E-state index contributed by atoms with van der Waals surface area (Å²) < 4.78 is 74.2. The van der Waals surface area contributed by atoms with Crippen molar-refractivity contribution in [3.8, 4) is 17.3 Å². The van der Waals surface area contributed by atoms with Crippen LogP contribution in [0.5, 0.6) is 5.88 Å². The lowest BCUT2D eigenvalue weighted by Gasteiger charge is -2.17. The van der Waals surface area contributed by atoms with Gasteiger partial charge in [0.25, 0.3) is 0 Å². The zero-order valence-electron chi connectivity index (χ0n) is 15.3. The predicted molar refractivity (Wildman–Crippen MR) is 96.8 cm³/mol. The third-order valence-corrected chi connectivity index (χ3v) is 6.32. The van der Waals surface area contributed by atoms with Gasteiger partial charge in [0, 0.05) is 24.4 Å². The van der Waals surface area contributed by atoms with Crippen molar-refractivity contribution >= 4 is 10.0 Å². The van der Waals surface area contributed by atoms with Crippen LogP contribution in [0.1, 0.15) is 12.3 Å². The van der Waals surface area contributed by atoms with E-state index in [2.05, 4.69) is 19.6 Å². The normalized spacial score (nSPS) is 17.9. The highest BCUT2D eigenvalue weighted by Crippen LogP contribution is 2.29. The molecule has 0 bridgehead atoms. The first-order valence-corrected chi connectivity index (χ1v) is 10.3. The van der Waals surface area contributed by atoms with Gasteiger partial charge in [-0.15, -0.1) is 0 Å². The fourth-order valence-corrected chi connectivity index (χ4v) is 4.47. The average Bonchev–Trinajstić information content (AvgIpc) is 3.39. The van der Waals surface area contributed by atoms with E-state index in [0.717, 1.165) is 0 Å². The predicted octanol–water partition coefficient (Wildman–Crippen LogP) is 2.99. The minimum atomic E-state index is -4.73. The average molecular weight is 440 g/mol. The van der Waals surface area contributed by atoms with Gasteiger partial charge in [-0.1, -0.05) is 23.4 Å². The summed E-state index contributed by atoms with van der Waals surface area (Å²) in [4.78, 5) is 7.55. The Kier molecular flexibility index (Phi) is 5.20. The van der Waals surface area contributed by atoms with Crippen molar-refractivity contribution in [2.75, 3.05) is 13.1 Å². The van der Waals surface area contributed by atoms with E-state index < -0.39 is 28.2 Å². The molecule has 0 N–H and O–H groups in total. The fraction of sp³-hybridized carbons (Fsp3) is 0.278. The largest absolute Gasteiger partial charge is 0.473 e. The summed E-state index contributed by atoms with van der Waals surface area (Å²) >= 11 is 0. The lowest BCUT2D eigenvalue weighted by atomic mass is 10.2. The molecule has 0 unspecified atom stereocenters. The maximum Gasteiger partial charge on any atom is 0.471 e. The quantitative estimate of drug-likeness (QED) is 0.602. The molecule has 1 fully saturated rings. The number of aromatic nitrogens is 3. The van der Waals surface area contributed by atoms with Gasteiger partial charge in [-0.25, -0.2) is 13.4 Å². The molecule has 158 valence electrons. The molecule has 0 spiro atoms. The second-order valence-corrected chi connectivity index (χ2v) is 8.45. The van der Waals surface area contributed by atoms with Crippen molar-refractivity contribution in [2.24, 2.45) is 0 Å². The number of hydrogen-bond acceptors (Lipinski definition) is 7. The van der Waals surface area contributed by atoms with Gasteiger partial charge in [-0.05, 0) is 24.6 Å². The summed E-state index contributed by atoms with van der Waals surface area (Å²) in [6, 6.07) is 11.0. The Labute approximate surface area is 169 Å². The maximum atomic E-state index is 12.7. The van der Waals surface area contributed by atoms with Crippen LogP contribution in [-0.2, 0) is 16.2 Å². The van der Waals surface area contributed by atoms with E-state index in [-0.39, 0.29) is 28.7 Å². The third kappa shape index (κ3) is 4.14. The number of alkyl halides is 3. The Balaban J connectivity index is 1.40. The molecule has 12 heteroatoms. The zero-order valence-corrected chi connectivity index (χ0v) is 16.1. The van der Waals surface area contributed by atoms with Gasteiger partial charge in [0.15, 0.2) is 0 Å². The highest BCUT2D eigenvalue weighted by molar-refractivity contribution is 7.89. The first-order chi connectivity index (χ1) is 14.2. The molecule has 1 aliphatic rings. The van der Waals surface area contributed by atoms with Crippen molar-refractivity contribution < 1.29 is 30.8 Å². The molecule has 30 heavy (non-hydrogen) atoms. The Morgan fingerprint density at radius 1 is 1.13 bits per heavy atom. The van der Waals surface area contributed by atoms with E-state index in [4.69, 9.17) is 4.74 Å². The summed E-state index contributed by atoms with van der Waals surface area (Å²) in [6.07, 6.45) is -3.39. The van der Waals surface area contributed by atoms with Crippen LogP contribution in [0.3, 0.4) is 0 Å². The van der Waals surface area contributed by atoms with Gasteiger partial charge in [0.05, 0.1) is 11.4 Å². The number of rotatable bonds is 5. The molecule has 4 rings (SSSR count). The minimum absolute atomic E-state index is 0.167. The number of benzene rings is 1. The number of halogens is 3. The maximum absolute atomic E-state index is 12.7. The molecular formula is C18H15F3N4O4S. The molecule has 0 saturated carbocycles. The van der Waals surface area contributed by atoms with Crippen molar-refractivity contribution in [3.05, 3.63) is 54.6 Å². The number of pyridine rings is 1. The van der Waals surface area contributed by atoms with Crippen LogP contribution >= 0.6 is 0 Å². The van der Waals surface area contributed by atoms with Crippen molar-refractivity contribution in [3.63, 3.8) is 0 Å². The van der Waals surface area contributed by atoms with Crippen LogP contribution in [0.2, 0.25) is 0 Å². The summed E-state index contributed by atoms with van der Waals surface area (Å²) in [5.74, 6) is -1.48. The number of hydrogen-bond donors (Lipinski definition) is 0. The van der Waals surface area contributed by atoms with Gasteiger partial charge < -0.3 is 9.26 Å². The van der Waals surface area contributed by atoms with Crippen LogP contribution in [0.25, 0.3) is 11.4 Å². The second-order valence-electron chi connectivity index (χ2n) is 6.51. The number of sulfonamides is 1. The minimum Gasteiger partial charge on any atom is -0.473 e. The molecule has 2 aromatic heterocycles. The fourth-order valence-electron chi connectivity index (χ4n) is 2.96. The van der Waals surface area contributed by atoms with Crippen molar-refractivity contribution in [1.82, 2.24) is 19.4 Å². The van der Waals surface area contributed by atoms with Gasteiger partial charge in [0.1, 0.15) is 6.10 Å². The van der Waals surface area contributed by atoms with Crippen LogP contribution < -0.4 is 4.74 Å². The molecule has 1 atom stereocenters. The van der Waals surface area contributed by atoms with Gasteiger partial charge in [-0.2, -0.15) is 22.5 Å². The number of ether oxygens (including phenoxy) is 1. The van der Waals surface area contributed by atoms with E-state index >= 15 is 0 Å². The van der Waals surface area contributed by atoms with E-state index in [1.165, 1.54) is 34.8 Å². The standard InChI is InChI=1S/C18H15F3N4O4S/c19-18(20,21)17-23-16(24-29-17)12-6-7-15(22-10-12)28-13-8-9-25(11-13)30(26,27)14-4-2-1-3-5-14/h1-7,10,13H,8-9,11H2/t13-/m1/s1. The molecule has 1 aliphatic heterocycles. The summed E-state index contributed by atoms with van der Waals surface area (Å²) in [6.45, 7) is 0.476. The highest BCUT2D eigenvalue weighted by Gasteiger charge is 2.38. The lowest BCUT2D eigenvalue weighted by Crippen LogP contribution is -2.31. The van der Waals surface area contributed by atoms with E-state index in [1.54, 1.807) is 18.2 Å². The summed E-state index contributed by atoms with van der Waals surface area (Å²) in [7, 11) is -3.60. The molecule has 3 aromatic rings. The van der Waals surface area contributed by atoms with Crippen LogP contribution in [0, 0.1) is 0 Å². The molecule has 8 nitrogen and oxygen atoms in total. The van der Waals surface area contributed by atoms with E-state index in [1.807, 2.05) is 0 Å². The van der Waals surface area contributed by atoms with Gasteiger partial charge in [0.2, 0.25) is 21.7 Å². The van der Waals surface area contributed by atoms with Crippen LogP contribution in [-0.4, -0.2) is 47.0 Å². The van der Waals surface area contributed by atoms with Gasteiger partial charge >= 0.3 is 12.1 Å². The van der Waals surface area contributed by atoms with Crippen molar-refractivity contribution in [1.29, 1.82) is 0 Å². The van der Waals surface area contributed by atoms with E-state index in [0.29, 0.717) is 13.0 Å². The Morgan fingerprint density at radius 2 is 1.90 bits per heavy atom. The van der Waals surface area contributed by atoms with Crippen molar-refractivity contribution in [2.45, 2.75) is 23.6 Å². The highest BCUT2D eigenvalue weighted by atomic mass is 32.2. The van der Waals surface area contributed by atoms with Crippen LogP contribution in [0.15, 0.2) is 58.1 Å². The Hall–Kier alpha value is -2.99. The molecule has 0 aliphatic carbocycles. The summed E-state index contributed by atoms with van der Waals surface area (Å²) in [5, 5.41) is 3.29. The Morgan fingerprint density at radius 3 is 2.53 bits per heavy atom. The third-order valence-electron chi connectivity index (χ3n) is 4.44. The molecule has 0 amide bonds. The molecule has 0 radical (unpaired) electrons. The number of nitrogens with zero attached hydrogens (tertiary/aromatic N) is 4. The Bertz CT molecular complexity index is 1120. The molecule has 1 aromatic carbocycles. The lowest BCUT2D eigenvalue weighted by molar-refractivity contribution is -0.159. The monoisotopic (exact) mass is 440 g/mol. The topological polar surface area (TPSA) is 98.4 Å². The van der Waals surface area contributed by atoms with E-state index in [9.17, 15) is 21.6 Å². The van der Waals surface area contributed by atoms with Gasteiger partial charge in [-0.3, -0.25) is 0 Å². The smallest absolute Gasteiger partial charge is 0.471 e. The second kappa shape index (κ2) is 7.69.